The number of carbonyl (C=O) groups is 2. The second-order valence-electron chi connectivity index (χ2n) is 4.97. The first kappa shape index (κ1) is 15.5. The first-order valence-electron chi connectivity index (χ1n) is 7.02. The maximum Gasteiger partial charge on any atom is 0.228 e. The predicted octanol–water partition coefficient (Wildman–Crippen LogP) is 2.13. The summed E-state index contributed by atoms with van der Waals surface area (Å²) in [4.78, 5) is 22.3. The van der Waals surface area contributed by atoms with E-state index in [2.05, 4.69) is 17.6 Å². The van der Waals surface area contributed by atoms with Crippen LogP contribution in [0.3, 0.4) is 0 Å². The highest BCUT2D eigenvalue weighted by molar-refractivity contribution is 5.80. The topological polar surface area (TPSA) is 58.2 Å². The Balaban J connectivity index is 2.47. The molecule has 1 saturated carbocycles. The summed E-state index contributed by atoms with van der Waals surface area (Å²) >= 11 is 0. The standard InChI is InChI=1S/C15H24N2O2/c1-3-12-7-9-13(10-8-12)15(19)17-14(16-2)6-4-5-11-18/h4-6,11-13,16H,3,7-10H2,1-2H3,(H,17,19)/b5-4-,14-6+. The second-order valence-corrected chi connectivity index (χ2v) is 4.97. The third-order valence-corrected chi connectivity index (χ3v) is 3.77. The van der Waals surface area contributed by atoms with Crippen LogP contribution in [0.2, 0.25) is 0 Å². The summed E-state index contributed by atoms with van der Waals surface area (Å²) in [5.41, 5.74) is 0. The van der Waals surface area contributed by atoms with Crippen molar-refractivity contribution < 1.29 is 9.59 Å². The largest absolute Gasteiger partial charge is 0.375 e. The Morgan fingerprint density at radius 3 is 2.42 bits per heavy atom. The van der Waals surface area contributed by atoms with E-state index >= 15 is 0 Å². The maximum atomic E-state index is 12.1. The molecule has 1 fully saturated rings. The summed E-state index contributed by atoms with van der Waals surface area (Å²) in [5.74, 6) is 1.61. The molecular formula is C15H24N2O2. The van der Waals surface area contributed by atoms with E-state index in [0.29, 0.717) is 12.1 Å². The van der Waals surface area contributed by atoms with Crippen molar-refractivity contribution in [3.05, 3.63) is 24.0 Å². The van der Waals surface area contributed by atoms with E-state index in [1.54, 1.807) is 19.2 Å². The van der Waals surface area contributed by atoms with E-state index in [1.807, 2.05) is 0 Å². The highest BCUT2D eigenvalue weighted by Crippen LogP contribution is 2.30. The van der Waals surface area contributed by atoms with Gasteiger partial charge in [-0.15, -0.1) is 0 Å². The number of rotatable bonds is 6. The molecule has 0 radical (unpaired) electrons. The van der Waals surface area contributed by atoms with Gasteiger partial charge in [-0.25, -0.2) is 0 Å². The first-order chi connectivity index (χ1) is 9.21. The van der Waals surface area contributed by atoms with Gasteiger partial charge in [-0.05, 0) is 43.8 Å². The second kappa shape index (κ2) is 8.51. The Kier molecular flexibility index (Phi) is 6.93. The molecule has 0 aromatic heterocycles. The number of allylic oxidation sites excluding steroid dienone is 3. The summed E-state index contributed by atoms with van der Waals surface area (Å²) in [6.45, 7) is 2.21. The van der Waals surface area contributed by atoms with Crippen molar-refractivity contribution in [2.75, 3.05) is 7.05 Å². The molecule has 2 N–H and O–H groups in total. The molecule has 0 aromatic rings. The molecule has 1 aliphatic carbocycles. The van der Waals surface area contributed by atoms with Gasteiger partial charge in [0.15, 0.2) is 0 Å². The number of carbonyl (C=O) groups excluding carboxylic acids is 2. The zero-order valence-electron chi connectivity index (χ0n) is 11.8. The molecule has 1 aliphatic rings. The van der Waals surface area contributed by atoms with Crippen molar-refractivity contribution in [3.8, 4) is 0 Å². The highest BCUT2D eigenvalue weighted by atomic mass is 16.2. The molecule has 0 heterocycles. The lowest BCUT2D eigenvalue weighted by Crippen LogP contribution is -2.36. The van der Waals surface area contributed by atoms with Gasteiger partial charge in [0.05, 0.1) is 0 Å². The average Bonchev–Trinajstić information content (AvgIpc) is 2.46. The fourth-order valence-electron chi connectivity index (χ4n) is 2.45. The van der Waals surface area contributed by atoms with Crippen LogP contribution in [0, 0.1) is 11.8 Å². The molecule has 0 aliphatic heterocycles. The Labute approximate surface area is 115 Å². The molecule has 19 heavy (non-hydrogen) atoms. The minimum atomic E-state index is 0.0784. The lowest BCUT2D eigenvalue weighted by atomic mass is 9.80. The minimum absolute atomic E-state index is 0.0784. The van der Waals surface area contributed by atoms with E-state index in [0.717, 1.165) is 31.6 Å². The van der Waals surface area contributed by atoms with Gasteiger partial charge in [-0.3, -0.25) is 9.59 Å². The zero-order valence-corrected chi connectivity index (χ0v) is 11.8. The smallest absolute Gasteiger partial charge is 0.228 e. The SMILES string of the molecule is CCC1CCC(C(=O)N/C(=C/C=C\C=O)NC)CC1. The number of aldehydes is 1. The summed E-state index contributed by atoms with van der Waals surface area (Å²) in [5, 5.41) is 5.78. The van der Waals surface area contributed by atoms with Gasteiger partial charge in [0.25, 0.3) is 0 Å². The quantitative estimate of drug-likeness (QED) is 0.439. The summed E-state index contributed by atoms with van der Waals surface area (Å²) in [6.07, 6.45) is 10.9. The van der Waals surface area contributed by atoms with Crippen molar-refractivity contribution in [1.82, 2.24) is 10.6 Å². The normalized spacial score (nSPS) is 24.2. The fraction of sp³-hybridized carbons (Fsp3) is 0.600. The molecule has 0 unspecified atom stereocenters. The summed E-state index contributed by atoms with van der Waals surface area (Å²) < 4.78 is 0. The predicted molar refractivity (Wildman–Crippen MR) is 76.2 cm³/mol. The van der Waals surface area contributed by atoms with Crippen molar-refractivity contribution in [1.29, 1.82) is 0 Å². The van der Waals surface area contributed by atoms with Crippen molar-refractivity contribution in [2.45, 2.75) is 39.0 Å². The number of nitrogens with one attached hydrogen (secondary N) is 2. The van der Waals surface area contributed by atoms with Gasteiger partial charge in [-0.1, -0.05) is 19.4 Å². The van der Waals surface area contributed by atoms with Crippen LogP contribution in [-0.4, -0.2) is 19.2 Å². The molecule has 4 nitrogen and oxygen atoms in total. The van der Waals surface area contributed by atoms with E-state index in [9.17, 15) is 9.59 Å². The number of hydrogen-bond donors (Lipinski definition) is 2. The first-order valence-corrected chi connectivity index (χ1v) is 7.02. The van der Waals surface area contributed by atoms with Gasteiger partial charge in [-0.2, -0.15) is 0 Å². The van der Waals surface area contributed by atoms with E-state index in [1.165, 1.54) is 12.5 Å². The summed E-state index contributed by atoms with van der Waals surface area (Å²) in [6, 6.07) is 0. The third kappa shape index (κ3) is 5.28. The van der Waals surface area contributed by atoms with Crippen LogP contribution in [0.15, 0.2) is 24.0 Å². The van der Waals surface area contributed by atoms with Crippen LogP contribution in [0.5, 0.6) is 0 Å². The van der Waals surface area contributed by atoms with Gasteiger partial charge in [0.1, 0.15) is 12.1 Å². The number of amides is 1. The molecule has 0 aromatic carbocycles. The zero-order chi connectivity index (χ0) is 14.1. The van der Waals surface area contributed by atoms with Crippen LogP contribution in [-0.2, 0) is 9.59 Å². The summed E-state index contributed by atoms with van der Waals surface area (Å²) in [7, 11) is 1.74. The Morgan fingerprint density at radius 2 is 1.89 bits per heavy atom. The van der Waals surface area contributed by atoms with E-state index in [4.69, 9.17) is 0 Å². The monoisotopic (exact) mass is 264 g/mol. The van der Waals surface area contributed by atoms with Crippen molar-refractivity contribution in [3.63, 3.8) is 0 Å². The van der Waals surface area contributed by atoms with Crippen LogP contribution in [0.4, 0.5) is 0 Å². The average molecular weight is 264 g/mol. The minimum Gasteiger partial charge on any atom is -0.375 e. The van der Waals surface area contributed by atoms with Crippen molar-refractivity contribution in [2.24, 2.45) is 11.8 Å². The molecule has 0 bridgehead atoms. The lowest BCUT2D eigenvalue weighted by molar-refractivity contribution is -0.125. The van der Waals surface area contributed by atoms with Crippen LogP contribution >= 0.6 is 0 Å². The Bertz CT molecular complexity index is 353. The molecule has 0 atom stereocenters. The Morgan fingerprint density at radius 1 is 1.21 bits per heavy atom. The molecule has 1 rings (SSSR count). The molecular weight excluding hydrogens is 240 g/mol. The molecule has 1 amide bonds. The molecule has 0 spiro atoms. The van der Waals surface area contributed by atoms with Crippen LogP contribution in [0.25, 0.3) is 0 Å². The van der Waals surface area contributed by atoms with Gasteiger partial charge in [0, 0.05) is 13.0 Å². The van der Waals surface area contributed by atoms with Gasteiger partial charge in [0.2, 0.25) is 5.91 Å². The Hall–Kier alpha value is -1.58. The van der Waals surface area contributed by atoms with E-state index in [-0.39, 0.29) is 11.8 Å². The molecule has 106 valence electrons. The van der Waals surface area contributed by atoms with Crippen LogP contribution < -0.4 is 10.6 Å². The fourth-order valence-corrected chi connectivity index (χ4v) is 2.45. The maximum absolute atomic E-state index is 12.1. The lowest BCUT2D eigenvalue weighted by Gasteiger charge is -2.27. The molecule has 0 saturated heterocycles. The van der Waals surface area contributed by atoms with Gasteiger partial charge >= 0.3 is 0 Å². The van der Waals surface area contributed by atoms with E-state index < -0.39 is 0 Å². The third-order valence-electron chi connectivity index (χ3n) is 3.77. The highest BCUT2D eigenvalue weighted by Gasteiger charge is 2.25. The van der Waals surface area contributed by atoms with Crippen LogP contribution in [0.1, 0.15) is 39.0 Å². The number of hydrogen-bond acceptors (Lipinski definition) is 3. The van der Waals surface area contributed by atoms with Gasteiger partial charge < -0.3 is 10.6 Å². The van der Waals surface area contributed by atoms with Crippen molar-refractivity contribution >= 4 is 12.2 Å². The molecule has 4 heteroatoms.